The van der Waals surface area contributed by atoms with Gasteiger partial charge in [-0.05, 0) is 29.8 Å². The largest absolute Gasteiger partial charge is 0.495 e. The zero-order valence-electron chi connectivity index (χ0n) is 8.02. The summed E-state index contributed by atoms with van der Waals surface area (Å²) in [5.41, 5.74) is 8.38. The molecule has 0 spiro atoms. The van der Waals surface area contributed by atoms with Gasteiger partial charge < -0.3 is 10.5 Å². The topological polar surface area (TPSA) is 48.1 Å². The molecule has 0 bridgehead atoms. The van der Waals surface area contributed by atoms with Gasteiger partial charge in [-0.25, -0.2) is 0 Å². The first-order valence-corrected chi connectivity index (χ1v) is 4.80. The predicted octanol–water partition coefficient (Wildman–Crippen LogP) is 1.93. The molecule has 3 nitrogen and oxygen atoms in total. The second-order valence-corrected chi connectivity index (χ2v) is 3.61. The van der Waals surface area contributed by atoms with Crippen LogP contribution in [0.3, 0.4) is 0 Å². The number of nitrogens with two attached hydrogens (primary N) is 1. The molecule has 0 amide bonds. The molecule has 1 aromatic heterocycles. The predicted molar refractivity (Wildman–Crippen MR) is 55.9 cm³/mol. The zero-order chi connectivity index (χ0) is 10.0. The molecule has 0 aliphatic carbocycles. The van der Waals surface area contributed by atoms with Crippen molar-refractivity contribution >= 4 is 15.9 Å². The number of ether oxygens (including phenoxy) is 1. The Morgan fingerprint density at radius 3 is 2.54 bits per heavy atom. The molecule has 1 heterocycles. The Bertz CT molecular complexity index is 326. The highest BCUT2D eigenvalue weighted by Crippen LogP contribution is 2.32. The van der Waals surface area contributed by atoms with E-state index in [1.165, 1.54) is 0 Å². The third-order valence-corrected chi connectivity index (χ3v) is 2.85. The molecule has 13 heavy (non-hydrogen) atoms. The fraction of sp³-hybridized carbons (Fsp3) is 0.444. The van der Waals surface area contributed by atoms with Gasteiger partial charge in [-0.15, -0.1) is 0 Å². The molecule has 0 fully saturated rings. The molecule has 2 N–H and O–H groups in total. The summed E-state index contributed by atoms with van der Waals surface area (Å²) < 4.78 is 6.12. The normalized spacial score (nSPS) is 10.2. The van der Waals surface area contributed by atoms with Crippen LogP contribution < -0.4 is 10.5 Å². The van der Waals surface area contributed by atoms with Gasteiger partial charge in [0, 0.05) is 17.8 Å². The lowest BCUT2D eigenvalue weighted by Gasteiger charge is -2.12. The average Bonchev–Trinajstić information content (AvgIpc) is 2.12. The number of nitrogens with zero attached hydrogens (tertiary/aromatic N) is 1. The summed E-state index contributed by atoms with van der Waals surface area (Å²) in [6.45, 7) is 4.34. The van der Waals surface area contributed by atoms with E-state index in [4.69, 9.17) is 10.5 Å². The van der Waals surface area contributed by atoms with Crippen molar-refractivity contribution in [1.82, 2.24) is 4.98 Å². The fourth-order valence-corrected chi connectivity index (χ4v) is 1.88. The van der Waals surface area contributed by atoms with Crippen LogP contribution in [0.1, 0.15) is 17.0 Å². The number of halogens is 1. The quantitative estimate of drug-likeness (QED) is 0.865. The van der Waals surface area contributed by atoms with Crippen molar-refractivity contribution in [3.8, 4) is 5.75 Å². The lowest BCUT2D eigenvalue weighted by molar-refractivity contribution is 0.406. The van der Waals surface area contributed by atoms with Gasteiger partial charge >= 0.3 is 0 Å². The summed E-state index contributed by atoms with van der Waals surface area (Å²) in [4.78, 5) is 4.35. The van der Waals surface area contributed by atoms with Crippen LogP contribution in [0.4, 0.5) is 0 Å². The summed E-state index contributed by atoms with van der Waals surface area (Å²) >= 11 is 3.42. The number of hydrogen-bond acceptors (Lipinski definition) is 3. The first kappa shape index (κ1) is 10.5. The van der Waals surface area contributed by atoms with Crippen LogP contribution in [-0.4, -0.2) is 12.1 Å². The Hall–Kier alpha value is -0.610. The molecular weight excluding hydrogens is 232 g/mol. The standard InChI is InChI=1S/C9H13BrN2O/c1-5-6(2)12-7(4-11)8(10)9(5)13-3/h4,11H2,1-3H3. The molecule has 0 aromatic carbocycles. The van der Waals surface area contributed by atoms with E-state index in [1.54, 1.807) is 7.11 Å². The zero-order valence-corrected chi connectivity index (χ0v) is 9.60. The number of methoxy groups -OCH3 is 1. The van der Waals surface area contributed by atoms with Gasteiger partial charge in [0.1, 0.15) is 5.75 Å². The molecule has 0 saturated carbocycles. The minimum atomic E-state index is 0.415. The molecule has 0 atom stereocenters. The van der Waals surface area contributed by atoms with Gasteiger partial charge in [0.15, 0.2) is 0 Å². The van der Waals surface area contributed by atoms with E-state index < -0.39 is 0 Å². The minimum absolute atomic E-state index is 0.415. The number of rotatable bonds is 2. The van der Waals surface area contributed by atoms with Gasteiger partial charge in [-0.2, -0.15) is 0 Å². The third-order valence-electron chi connectivity index (χ3n) is 2.04. The fourth-order valence-electron chi connectivity index (χ4n) is 1.17. The van der Waals surface area contributed by atoms with Gasteiger partial charge in [-0.1, -0.05) is 0 Å². The SMILES string of the molecule is COc1c(C)c(C)nc(CN)c1Br. The molecule has 1 rings (SSSR count). The summed E-state index contributed by atoms with van der Waals surface area (Å²) in [5, 5.41) is 0. The molecule has 0 radical (unpaired) electrons. The number of aromatic nitrogens is 1. The third kappa shape index (κ3) is 1.84. The molecule has 4 heteroatoms. The summed E-state index contributed by atoms with van der Waals surface area (Å²) in [6.07, 6.45) is 0. The summed E-state index contributed by atoms with van der Waals surface area (Å²) in [6, 6.07) is 0. The lowest BCUT2D eigenvalue weighted by Crippen LogP contribution is -2.05. The monoisotopic (exact) mass is 244 g/mol. The number of aryl methyl sites for hydroxylation is 1. The van der Waals surface area contributed by atoms with Crippen LogP contribution in [0.5, 0.6) is 5.75 Å². The van der Waals surface area contributed by atoms with Crippen LogP contribution in [0.25, 0.3) is 0 Å². The number of hydrogen-bond donors (Lipinski definition) is 1. The molecule has 72 valence electrons. The van der Waals surface area contributed by atoms with Crippen molar-refractivity contribution in [2.75, 3.05) is 7.11 Å². The molecule has 0 aliphatic rings. The van der Waals surface area contributed by atoms with Crippen molar-refractivity contribution in [3.63, 3.8) is 0 Å². The second-order valence-electron chi connectivity index (χ2n) is 2.82. The van der Waals surface area contributed by atoms with E-state index in [2.05, 4.69) is 20.9 Å². The summed E-state index contributed by atoms with van der Waals surface area (Å²) in [7, 11) is 1.65. The first-order chi connectivity index (χ1) is 6.11. The molecular formula is C9H13BrN2O. The Kier molecular flexibility index (Phi) is 3.27. The maximum absolute atomic E-state index is 5.55. The maximum atomic E-state index is 5.55. The van der Waals surface area contributed by atoms with Crippen molar-refractivity contribution in [2.45, 2.75) is 20.4 Å². The van der Waals surface area contributed by atoms with Crippen molar-refractivity contribution in [2.24, 2.45) is 5.73 Å². The highest BCUT2D eigenvalue weighted by molar-refractivity contribution is 9.10. The summed E-state index contributed by atoms with van der Waals surface area (Å²) in [5.74, 6) is 0.827. The van der Waals surface area contributed by atoms with Gasteiger partial charge in [0.25, 0.3) is 0 Å². The van der Waals surface area contributed by atoms with E-state index in [9.17, 15) is 0 Å². The van der Waals surface area contributed by atoms with E-state index >= 15 is 0 Å². The highest BCUT2D eigenvalue weighted by Gasteiger charge is 2.12. The Balaban J connectivity index is 3.39. The van der Waals surface area contributed by atoms with E-state index in [0.717, 1.165) is 27.2 Å². The maximum Gasteiger partial charge on any atom is 0.139 e. The first-order valence-electron chi connectivity index (χ1n) is 4.01. The van der Waals surface area contributed by atoms with Crippen molar-refractivity contribution in [3.05, 3.63) is 21.4 Å². The van der Waals surface area contributed by atoms with Crippen molar-refractivity contribution in [1.29, 1.82) is 0 Å². The van der Waals surface area contributed by atoms with Crippen LogP contribution in [0, 0.1) is 13.8 Å². The van der Waals surface area contributed by atoms with E-state index in [1.807, 2.05) is 13.8 Å². The van der Waals surface area contributed by atoms with Crippen LogP contribution in [-0.2, 0) is 6.54 Å². The Morgan fingerprint density at radius 1 is 1.46 bits per heavy atom. The van der Waals surface area contributed by atoms with Crippen LogP contribution in [0.15, 0.2) is 4.47 Å². The Morgan fingerprint density at radius 2 is 2.08 bits per heavy atom. The molecule has 0 unspecified atom stereocenters. The van der Waals surface area contributed by atoms with Gasteiger partial charge in [0.05, 0.1) is 17.3 Å². The molecule has 0 saturated heterocycles. The highest BCUT2D eigenvalue weighted by atomic mass is 79.9. The molecule has 0 aliphatic heterocycles. The average molecular weight is 245 g/mol. The smallest absolute Gasteiger partial charge is 0.139 e. The van der Waals surface area contributed by atoms with Crippen molar-refractivity contribution < 1.29 is 4.74 Å². The van der Waals surface area contributed by atoms with Gasteiger partial charge in [-0.3, -0.25) is 4.98 Å². The molecule has 1 aromatic rings. The van der Waals surface area contributed by atoms with Gasteiger partial charge in [0.2, 0.25) is 0 Å². The van der Waals surface area contributed by atoms with Crippen LogP contribution >= 0.6 is 15.9 Å². The minimum Gasteiger partial charge on any atom is -0.495 e. The Labute approximate surface area is 86.4 Å². The number of pyridine rings is 1. The lowest BCUT2D eigenvalue weighted by atomic mass is 10.2. The van der Waals surface area contributed by atoms with E-state index in [0.29, 0.717) is 6.54 Å². The van der Waals surface area contributed by atoms with Crippen LogP contribution in [0.2, 0.25) is 0 Å². The van der Waals surface area contributed by atoms with E-state index in [-0.39, 0.29) is 0 Å². The second kappa shape index (κ2) is 4.07.